The highest BCUT2D eigenvalue weighted by Crippen LogP contribution is 1.93. The van der Waals surface area contributed by atoms with Gasteiger partial charge in [0.15, 0.2) is 0 Å². The Balaban J connectivity index is 2.86. The quantitative estimate of drug-likeness (QED) is 0.480. The molecule has 1 aromatic carbocycles. The van der Waals surface area contributed by atoms with Gasteiger partial charge < -0.3 is 0 Å². The Kier molecular flexibility index (Phi) is 2.28. The molecule has 1 heteroatoms. The monoisotopic (exact) mass is 129 g/mol. The van der Waals surface area contributed by atoms with Crippen molar-refractivity contribution >= 4 is 6.29 Å². The van der Waals surface area contributed by atoms with E-state index in [4.69, 9.17) is 0 Å². The molecule has 0 N–H and O–H groups in total. The summed E-state index contributed by atoms with van der Waals surface area (Å²) in [5, 5.41) is 0. The molecule has 0 bridgehead atoms. The van der Waals surface area contributed by atoms with E-state index >= 15 is 0 Å². The number of hydrogen-bond donors (Lipinski definition) is 0. The first-order valence-electron chi connectivity index (χ1n) is 2.86. The van der Waals surface area contributed by atoms with Crippen molar-refractivity contribution < 1.29 is 4.79 Å². The zero-order chi connectivity index (χ0) is 7.23. The molecule has 47 valence electrons. The Morgan fingerprint density at radius 2 is 1.80 bits per heavy atom. The second-order valence-corrected chi connectivity index (χ2v) is 1.72. The van der Waals surface area contributed by atoms with E-state index in [1.54, 1.807) is 0 Å². The average Bonchev–Trinajstić information content (AvgIpc) is 2.03. The zero-order valence-corrected chi connectivity index (χ0v) is 5.29. The van der Waals surface area contributed by atoms with E-state index < -0.39 is 0 Å². The van der Waals surface area contributed by atoms with E-state index in [0.717, 1.165) is 5.56 Å². The van der Waals surface area contributed by atoms with Crippen molar-refractivity contribution in [2.75, 3.05) is 0 Å². The Labute approximate surface area is 59.7 Å². The molecule has 1 rings (SSSR count). The lowest BCUT2D eigenvalue weighted by Gasteiger charge is -1.83. The minimum atomic E-state index is 0.839. The van der Waals surface area contributed by atoms with E-state index in [-0.39, 0.29) is 0 Å². The van der Waals surface area contributed by atoms with Gasteiger partial charge in [-0.25, -0.2) is 0 Å². The molecular formula is C9H5O. The predicted molar refractivity (Wildman–Crippen MR) is 39.0 cm³/mol. The van der Waals surface area contributed by atoms with Crippen molar-refractivity contribution in [1.29, 1.82) is 0 Å². The summed E-state index contributed by atoms with van der Waals surface area (Å²) in [5.41, 5.74) is 0.839. The van der Waals surface area contributed by atoms with Gasteiger partial charge in [0.1, 0.15) is 0 Å². The SMILES string of the molecule is O=[C]C#Cc1ccccc1. The normalized spacial score (nSPS) is 7.60. The molecular weight excluding hydrogens is 124 g/mol. The second kappa shape index (κ2) is 3.47. The number of rotatable bonds is 0. The zero-order valence-electron chi connectivity index (χ0n) is 5.29. The number of carbonyl (C=O) groups excluding carboxylic acids is 1. The van der Waals surface area contributed by atoms with Gasteiger partial charge in [0.05, 0.1) is 0 Å². The molecule has 1 nitrogen and oxygen atoms in total. The number of benzene rings is 1. The molecule has 1 radical (unpaired) electrons. The lowest BCUT2D eigenvalue weighted by molar-refractivity contribution is 0.566. The average molecular weight is 129 g/mol. The third kappa shape index (κ3) is 1.75. The van der Waals surface area contributed by atoms with Crippen LogP contribution in [0.1, 0.15) is 5.56 Å². The molecule has 10 heavy (non-hydrogen) atoms. The van der Waals surface area contributed by atoms with E-state index in [9.17, 15) is 4.79 Å². The Morgan fingerprint density at radius 3 is 2.40 bits per heavy atom. The standard InChI is InChI=1S/C9H5O/c10-8-4-7-9-5-2-1-3-6-9/h1-3,5-6H. The molecule has 0 heterocycles. The smallest absolute Gasteiger partial charge is 0.275 e. The molecule has 0 fully saturated rings. The molecule has 0 amide bonds. The topological polar surface area (TPSA) is 17.1 Å². The van der Waals surface area contributed by atoms with Gasteiger partial charge in [-0.2, -0.15) is 0 Å². The van der Waals surface area contributed by atoms with Crippen LogP contribution in [0.15, 0.2) is 30.3 Å². The fraction of sp³-hybridized carbons (Fsp3) is 0. The van der Waals surface area contributed by atoms with Crippen molar-refractivity contribution in [3.8, 4) is 11.8 Å². The van der Waals surface area contributed by atoms with E-state index in [1.807, 2.05) is 30.3 Å². The maximum absolute atomic E-state index is 9.68. The predicted octanol–water partition coefficient (Wildman–Crippen LogP) is 1.15. The van der Waals surface area contributed by atoms with E-state index in [0.29, 0.717) is 0 Å². The van der Waals surface area contributed by atoms with Gasteiger partial charge in [-0.05, 0) is 18.1 Å². The van der Waals surface area contributed by atoms with Crippen molar-refractivity contribution in [3.63, 3.8) is 0 Å². The molecule has 1 aromatic rings. The van der Waals surface area contributed by atoms with Crippen LogP contribution in [-0.2, 0) is 4.79 Å². The van der Waals surface area contributed by atoms with Gasteiger partial charge >= 0.3 is 0 Å². The molecule has 0 saturated carbocycles. The molecule has 0 aliphatic heterocycles. The van der Waals surface area contributed by atoms with Gasteiger partial charge in [0.2, 0.25) is 0 Å². The van der Waals surface area contributed by atoms with Gasteiger partial charge in [-0.15, -0.1) is 0 Å². The summed E-state index contributed by atoms with van der Waals surface area (Å²) in [6.07, 6.45) is 1.51. The summed E-state index contributed by atoms with van der Waals surface area (Å²) >= 11 is 0. The van der Waals surface area contributed by atoms with Crippen LogP contribution in [-0.4, -0.2) is 6.29 Å². The third-order valence-corrected chi connectivity index (χ3v) is 1.03. The van der Waals surface area contributed by atoms with Crippen LogP contribution in [0.25, 0.3) is 0 Å². The summed E-state index contributed by atoms with van der Waals surface area (Å²) < 4.78 is 0. The van der Waals surface area contributed by atoms with Crippen molar-refractivity contribution in [2.45, 2.75) is 0 Å². The summed E-state index contributed by atoms with van der Waals surface area (Å²) in [6, 6.07) is 9.31. The van der Waals surface area contributed by atoms with Crippen LogP contribution in [0.3, 0.4) is 0 Å². The molecule has 0 unspecified atom stereocenters. The largest absolute Gasteiger partial charge is 0.285 e. The van der Waals surface area contributed by atoms with Crippen LogP contribution >= 0.6 is 0 Å². The van der Waals surface area contributed by atoms with Gasteiger partial charge in [-0.3, -0.25) is 4.79 Å². The van der Waals surface area contributed by atoms with E-state index in [1.165, 1.54) is 6.29 Å². The fourth-order valence-electron chi connectivity index (χ4n) is 0.619. The highest BCUT2D eigenvalue weighted by molar-refractivity contribution is 5.74. The summed E-state index contributed by atoms with van der Waals surface area (Å²) in [7, 11) is 0. The first-order valence-corrected chi connectivity index (χ1v) is 2.86. The Hall–Kier alpha value is -1.55. The first kappa shape index (κ1) is 6.57. The molecule has 0 spiro atoms. The molecule has 0 aromatic heterocycles. The van der Waals surface area contributed by atoms with E-state index in [2.05, 4.69) is 11.8 Å². The van der Waals surface area contributed by atoms with Crippen molar-refractivity contribution in [3.05, 3.63) is 35.9 Å². The fourth-order valence-corrected chi connectivity index (χ4v) is 0.619. The number of hydrogen-bond acceptors (Lipinski definition) is 1. The lowest BCUT2D eigenvalue weighted by atomic mass is 10.2. The second-order valence-electron chi connectivity index (χ2n) is 1.72. The van der Waals surface area contributed by atoms with Crippen LogP contribution in [0, 0.1) is 11.8 Å². The van der Waals surface area contributed by atoms with Crippen molar-refractivity contribution in [1.82, 2.24) is 0 Å². The molecule has 0 saturated heterocycles. The highest BCUT2D eigenvalue weighted by Gasteiger charge is 1.78. The molecule has 0 atom stereocenters. The van der Waals surface area contributed by atoms with Crippen LogP contribution < -0.4 is 0 Å². The minimum Gasteiger partial charge on any atom is -0.275 e. The van der Waals surface area contributed by atoms with Gasteiger partial charge in [0.25, 0.3) is 6.29 Å². The maximum atomic E-state index is 9.68. The maximum Gasteiger partial charge on any atom is 0.285 e. The summed E-state index contributed by atoms with van der Waals surface area (Å²) in [5.74, 6) is 4.83. The summed E-state index contributed by atoms with van der Waals surface area (Å²) in [6.45, 7) is 0. The molecule has 0 aliphatic carbocycles. The third-order valence-electron chi connectivity index (χ3n) is 1.03. The Morgan fingerprint density at radius 1 is 1.10 bits per heavy atom. The Bertz CT molecular complexity index is 264. The van der Waals surface area contributed by atoms with Crippen LogP contribution in [0.4, 0.5) is 0 Å². The summed E-state index contributed by atoms with van der Waals surface area (Å²) in [4.78, 5) is 9.68. The van der Waals surface area contributed by atoms with Crippen LogP contribution in [0.2, 0.25) is 0 Å². The van der Waals surface area contributed by atoms with Gasteiger partial charge in [-0.1, -0.05) is 24.1 Å². The molecule has 0 aliphatic rings. The lowest BCUT2D eigenvalue weighted by Crippen LogP contribution is -1.70. The van der Waals surface area contributed by atoms with Crippen molar-refractivity contribution in [2.24, 2.45) is 0 Å². The highest BCUT2D eigenvalue weighted by atomic mass is 16.1. The van der Waals surface area contributed by atoms with Gasteiger partial charge in [0, 0.05) is 5.56 Å². The van der Waals surface area contributed by atoms with Crippen LogP contribution in [0.5, 0.6) is 0 Å². The first-order chi connectivity index (χ1) is 4.93. The minimum absolute atomic E-state index is 0.839.